The van der Waals surface area contributed by atoms with E-state index >= 15 is 0 Å². The van der Waals surface area contributed by atoms with E-state index in [0.717, 1.165) is 63.1 Å². The number of nitrogens with zero attached hydrogens (tertiary/aromatic N) is 4. The number of urea groups is 2. The van der Waals surface area contributed by atoms with E-state index in [-0.39, 0.29) is 17.7 Å². The van der Waals surface area contributed by atoms with Gasteiger partial charge in [0.1, 0.15) is 0 Å². The number of hydrogen-bond donors (Lipinski definition) is 7. The number of aromatic amines is 1. The predicted molar refractivity (Wildman–Crippen MR) is 238 cm³/mol. The highest BCUT2D eigenvalue weighted by molar-refractivity contribution is 7.98. The summed E-state index contributed by atoms with van der Waals surface area (Å²) in [5.74, 6) is 1.72. The molecule has 0 radical (unpaired) electrons. The first kappa shape index (κ1) is 45.3. The van der Waals surface area contributed by atoms with Crippen molar-refractivity contribution in [3.05, 3.63) is 149 Å². The van der Waals surface area contributed by atoms with Gasteiger partial charge in [0.25, 0.3) is 5.91 Å². The highest BCUT2D eigenvalue weighted by atomic mass is 32.2. The molecule has 0 atom stereocenters. The van der Waals surface area contributed by atoms with Gasteiger partial charge in [-0.3, -0.25) is 19.8 Å². The van der Waals surface area contributed by atoms with E-state index in [4.69, 9.17) is 16.7 Å². The molecular formula is C44H49N11O4S. The summed E-state index contributed by atoms with van der Waals surface area (Å²) < 4.78 is 0. The number of guanidine groups is 1. The number of nitrogens with two attached hydrogens (primary N) is 2. The zero-order valence-corrected chi connectivity index (χ0v) is 34.6. The topological polar surface area (TPSA) is 237 Å². The van der Waals surface area contributed by atoms with Crippen LogP contribution < -0.4 is 37.6 Å². The number of rotatable bonds is 8. The Morgan fingerprint density at radius 2 is 1.40 bits per heavy atom. The average molecular weight is 828 g/mol. The minimum atomic E-state index is -1.14. The Morgan fingerprint density at radius 3 is 1.82 bits per heavy atom. The van der Waals surface area contributed by atoms with Crippen molar-refractivity contribution in [2.24, 2.45) is 22.4 Å². The van der Waals surface area contributed by atoms with Crippen LogP contribution in [0.4, 0.5) is 21.0 Å². The van der Waals surface area contributed by atoms with E-state index in [0.29, 0.717) is 5.96 Å². The maximum atomic E-state index is 12.3. The quantitative estimate of drug-likeness (QED) is 0.0325. The number of para-hydroxylation sites is 2. The molecule has 2 aliphatic rings. The van der Waals surface area contributed by atoms with Gasteiger partial charge < -0.3 is 32.4 Å². The number of imidazole rings is 1. The van der Waals surface area contributed by atoms with Crippen molar-refractivity contribution in [2.75, 3.05) is 24.2 Å². The summed E-state index contributed by atoms with van der Waals surface area (Å²) in [7, 11) is 1.73. The van der Waals surface area contributed by atoms with Gasteiger partial charge in [-0.15, -0.1) is 4.99 Å². The largest absolute Gasteiger partial charge is 0.369 e. The summed E-state index contributed by atoms with van der Waals surface area (Å²) in [6.07, 6.45) is 7.44. The second kappa shape index (κ2) is 22.5. The Morgan fingerprint density at radius 1 is 0.883 bits per heavy atom. The van der Waals surface area contributed by atoms with Crippen LogP contribution >= 0.6 is 11.8 Å². The van der Waals surface area contributed by atoms with Crippen LogP contribution in [0.25, 0.3) is 12.2 Å². The summed E-state index contributed by atoms with van der Waals surface area (Å²) in [6, 6.07) is 32.9. The monoisotopic (exact) mass is 827 g/mol. The van der Waals surface area contributed by atoms with E-state index < -0.39 is 17.6 Å². The highest BCUT2D eigenvalue weighted by Gasteiger charge is 2.49. The zero-order chi connectivity index (χ0) is 43.5. The maximum absolute atomic E-state index is 12.3. The Balaban J connectivity index is 0.000000186. The number of primary amides is 2. The van der Waals surface area contributed by atoms with E-state index in [1.165, 1.54) is 0 Å². The number of aryl methyl sites for hydroxylation is 1. The number of H-pyrrole nitrogens is 1. The van der Waals surface area contributed by atoms with E-state index in [1.807, 2.05) is 128 Å². The molecule has 310 valence electrons. The molecule has 0 unspecified atom stereocenters. The predicted octanol–water partition coefficient (Wildman–Crippen LogP) is 5.88. The second-order valence-electron chi connectivity index (χ2n) is 13.3. The number of nitriles is 1. The molecule has 1 aromatic heterocycles. The summed E-state index contributed by atoms with van der Waals surface area (Å²) in [4.78, 5) is 58.0. The lowest BCUT2D eigenvalue weighted by Crippen LogP contribution is -2.44. The van der Waals surface area contributed by atoms with Gasteiger partial charge in [0, 0.05) is 36.7 Å². The Labute approximate surface area is 353 Å². The number of thioether (sulfide) groups is 1. The fourth-order valence-corrected chi connectivity index (χ4v) is 6.67. The molecule has 1 saturated heterocycles. The van der Waals surface area contributed by atoms with E-state index in [2.05, 4.69) is 36.2 Å². The van der Waals surface area contributed by atoms with Crippen LogP contribution in [0.5, 0.6) is 0 Å². The lowest BCUT2D eigenvalue weighted by atomic mass is 9.83. The third-order valence-corrected chi connectivity index (χ3v) is 9.95. The van der Waals surface area contributed by atoms with Crippen molar-refractivity contribution in [3.8, 4) is 6.19 Å². The molecule has 7 rings (SSSR count). The molecule has 4 aromatic carbocycles. The SMILES string of the molecule is CC(C)C(N)=O.CN/C(=N/C#N)NCCSCc1nc[nH]c1C.NC(=O)N1c2ccccc2C=Cc2ccccc21.O=C1NC(=O)C(c2ccccc2)(c2ccccc2)N1. The fraction of sp³-hybridized carbons (Fsp3) is 0.205. The van der Waals surface area contributed by atoms with E-state index in [1.54, 1.807) is 50.1 Å². The number of aliphatic imine (C=N–C) groups is 1. The Kier molecular flexibility index (Phi) is 17.0. The molecule has 1 fully saturated rings. The molecule has 0 bridgehead atoms. The number of benzene rings is 4. The number of nitrogens with one attached hydrogen (secondary N) is 5. The summed E-state index contributed by atoms with van der Waals surface area (Å²) >= 11 is 1.79. The number of fused-ring (bicyclic) bond motifs is 2. The van der Waals surface area contributed by atoms with Gasteiger partial charge in [-0.2, -0.15) is 17.0 Å². The maximum Gasteiger partial charge on any atom is 0.323 e. The van der Waals surface area contributed by atoms with Crippen LogP contribution in [-0.4, -0.2) is 59.1 Å². The molecule has 15 nitrogen and oxygen atoms in total. The molecule has 9 N–H and O–H groups in total. The molecule has 0 saturated carbocycles. The summed E-state index contributed by atoms with van der Waals surface area (Å²) in [6.45, 7) is 6.31. The lowest BCUT2D eigenvalue weighted by Gasteiger charge is -2.27. The first-order valence-corrected chi connectivity index (χ1v) is 20.0. The third kappa shape index (κ3) is 12.1. The molecule has 6 amide bonds. The van der Waals surface area contributed by atoms with Crippen LogP contribution in [0.2, 0.25) is 0 Å². The number of amides is 6. The first-order chi connectivity index (χ1) is 28.9. The molecule has 0 spiro atoms. The molecule has 0 aliphatic carbocycles. The standard InChI is InChI=1S/C15H12N2O2.C15H12N2O.C10H16N6S.C4H9NO/c18-13-15(17-14(19)16-13,11-7-3-1-4-8-11)12-9-5-2-6-10-12;16-15(18)17-13-7-3-1-5-11(13)9-10-12-6-2-4-8-14(12)17;1-8-9(16-7-15-8)5-17-4-3-13-10(12-2)14-6-11;1-3(2)4(5)6/h1-10H,(H2,16,17,18,19);1-10H,(H2,16,18);7H,3-5H2,1-2H3,(H,15,16)(H2,12,13,14);3H,1-2H3,(H2,5,6). The minimum absolute atomic E-state index is 0.00926. The minimum Gasteiger partial charge on any atom is -0.369 e. The van der Waals surface area contributed by atoms with Gasteiger partial charge in [0.15, 0.2) is 5.54 Å². The first-order valence-electron chi connectivity index (χ1n) is 18.9. The molecule has 60 heavy (non-hydrogen) atoms. The van der Waals surface area contributed by atoms with Gasteiger partial charge in [0.2, 0.25) is 18.1 Å². The molecular weight excluding hydrogens is 779 g/mol. The van der Waals surface area contributed by atoms with Crippen LogP contribution in [0, 0.1) is 24.3 Å². The smallest absolute Gasteiger partial charge is 0.323 e. The third-order valence-electron chi connectivity index (χ3n) is 8.98. The van der Waals surface area contributed by atoms with Crippen LogP contribution in [0.3, 0.4) is 0 Å². The fourth-order valence-electron chi connectivity index (χ4n) is 5.79. The highest BCUT2D eigenvalue weighted by Crippen LogP contribution is 2.36. The molecule has 16 heteroatoms. The van der Waals surface area contributed by atoms with Crippen molar-refractivity contribution >= 4 is 65.1 Å². The number of anilines is 2. The van der Waals surface area contributed by atoms with Crippen molar-refractivity contribution in [1.82, 2.24) is 31.2 Å². The Hall–Kier alpha value is -7.38. The van der Waals surface area contributed by atoms with Gasteiger partial charge >= 0.3 is 12.1 Å². The van der Waals surface area contributed by atoms with Gasteiger partial charge in [0.05, 0.1) is 23.4 Å². The van der Waals surface area contributed by atoms with Crippen molar-refractivity contribution in [2.45, 2.75) is 32.1 Å². The van der Waals surface area contributed by atoms with Crippen molar-refractivity contribution in [1.29, 1.82) is 5.26 Å². The second-order valence-corrected chi connectivity index (χ2v) is 14.4. The number of imide groups is 1. The van der Waals surface area contributed by atoms with Crippen LogP contribution in [0.1, 0.15) is 47.5 Å². The van der Waals surface area contributed by atoms with E-state index in [9.17, 15) is 19.2 Å². The van der Waals surface area contributed by atoms with Gasteiger partial charge in [-0.25, -0.2) is 14.6 Å². The van der Waals surface area contributed by atoms with Crippen molar-refractivity contribution in [3.63, 3.8) is 0 Å². The molecule has 3 heterocycles. The molecule has 5 aromatic rings. The number of carbonyl (C=O) groups excluding carboxylic acids is 4. The van der Waals surface area contributed by atoms with Gasteiger partial charge in [-0.05, 0) is 41.3 Å². The van der Waals surface area contributed by atoms with Crippen molar-refractivity contribution < 1.29 is 19.2 Å². The lowest BCUT2D eigenvalue weighted by molar-refractivity contribution is -0.123. The molecule has 2 aliphatic heterocycles. The summed E-state index contributed by atoms with van der Waals surface area (Å²) in [5, 5.41) is 19.3. The average Bonchev–Trinajstić information content (AvgIpc) is 3.75. The number of aromatic nitrogens is 2. The van der Waals surface area contributed by atoms with Crippen LogP contribution in [0.15, 0.2) is 121 Å². The summed E-state index contributed by atoms with van der Waals surface area (Å²) in [5.41, 5.74) is 16.5. The normalized spacial score (nSPS) is 13.1. The van der Waals surface area contributed by atoms with Crippen LogP contribution in [-0.2, 0) is 20.9 Å². The Bertz CT molecular complexity index is 2230. The number of carbonyl (C=O) groups is 4. The number of hydrogen-bond acceptors (Lipinski definition) is 8. The zero-order valence-electron chi connectivity index (χ0n) is 33.8. The van der Waals surface area contributed by atoms with Gasteiger partial charge in [-0.1, -0.05) is 123 Å².